The van der Waals surface area contributed by atoms with Crippen molar-refractivity contribution in [2.75, 3.05) is 7.11 Å². The van der Waals surface area contributed by atoms with Crippen molar-refractivity contribution >= 4 is 29.6 Å². The Hall–Kier alpha value is 0.770. The first kappa shape index (κ1) is 9.77. The van der Waals surface area contributed by atoms with Gasteiger partial charge in [-0.05, 0) is 25.1 Å². The van der Waals surface area contributed by atoms with Crippen molar-refractivity contribution in [1.82, 2.24) is 0 Å². The van der Waals surface area contributed by atoms with Crippen LogP contribution in [0.1, 0.15) is 13.8 Å². The Labute approximate surface area is 64.7 Å². The molecule has 0 aliphatic rings. The largest absolute Gasteiger partial charge is 0.320 e. The maximum absolute atomic E-state index is 11.0. The minimum absolute atomic E-state index is 0.983. The highest BCUT2D eigenvalue weighted by Crippen LogP contribution is 2.64. The van der Waals surface area contributed by atoms with Gasteiger partial charge >= 0.3 is 6.72 Å². The number of halogens is 2. The quantitative estimate of drug-likeness (QED) is 0.495. The van der Waals surface area contributed by atoms with Gasteiger partial charge in [0.05, 0.1) is 0 Å². The van der Waals surface area contributed by atoms with Gasteiger partial charge in [0.25, 0.3) is 0 Å². The third-order valence-corrected chi connectivity index (χ3v) is 5.22. The molecule has 0 saturated carbocycles. The Morgan fingerprint density at radius 3 is 1.89 bits per heavy atom. The molecule has 5 heteroatoms. The summed E-state index contributed by atoms with van der Waals surface area (Å²) in [5, 5.41) is 0. The Balaban J connectivity index is 4.35. The molecule has 0 aliphatic carbocycles. The highest BCUT2D eigenvalue weighted by molar-refractivity contribution is 7.87. The van der Waals surface area contributed by atoms with Crippen molar-refractivity contribution in [3.8, 4) is 0 Å². The molecule has 9 heavy (non-hydrogen) atoms. The summed E-state index contributed by atoms with van der Waals surface area (Å²) in [5.74, 6) is 0. The van der Waals surface area contributed by atoms with Crippen LogP contribution in [0.25, 0.3) is 0 Å². The van der Waals surface area contributed by atoms with E-state index >= 15 is 0 Å². The smallest absolute Gasteiger partial charge is 0.309 e. The average Bonchev–Trinajstić information content (AvgIpc) is 1.64. The number of hydrogen-bond acceptors (Lipinski definition) is 2. The Kier molecular flexibility index (Phi) is 3.03. The first-order valence-electron chi connectivity index (χ1n) is 2.36. The first-order valence-corrected chi connectivity index (χ1v) is 5.26. The molecule has 0 rings (SSSR count). The summed E-state index contributed by atoms with van der Waals surface area (Å²) in [6.07, 6.45) is 0. The molecule has 0 aromatic rings. The maximum Gasteiger partial charge on any atom is 0.309 e. The van der Waals surface area contributed by atoms with Crippen LogP contribution < -0.4 is 0 Å². The minimum atomic E-state index is -3.12. The summed E-state index contributed by atoms with van der Waals surface area (Å²) in [6, 6.07) is 0. The normalized spacial score (nSPS) is 19.2. The van der Waals surface area contributed by atoms with E-state index in [-0.39, 0.29) is 0 Å². The monoisotopic (exact) mass is 190 g/mol. The summed E-state index contributed by atoms with van der Waals surface area (Å²) < 4.78 is 14.5. The van der Waals surface area contributed by atoms with E-state index in [0.717, 1.165) is 0 Å². The van der Waals surface area contributed by atoms with Crippen LogP contribution in [0.5, 0.6) is 0 Å². The van der Waals surface area contributed by atoms with Crippen molar-refractivity contribution in [3.63, 3.8) is 0 Å². The van der Waals surface area contributed by atoms with Gasteiger partial charge in [-0.25, -0.2) is 0 Å². The highest BCUT2D eigenvalue weighted by atomic mass is 35.7. The number of rotatable bonds is 2. The van der Waals surface area contributed by atoms with Crippen LogP contribution in [-0.2, 0) is 9.09 Å². The Bertz CT molecular complexity index is 140. The molecule has 0 saturated heterocycles. The number of hydrogen-bond donors (Lipinski definition) is 0. The zero-order chi connectivity index (χ0) is 7.71. The highest BCUT2D eigenvalue weighted by Gasteiger charge is 2.37. The lowest BCUT2D eigenvalue weighted by Gasteiger charge is -2.19. The third kappa shape index (κ3) is 2.46. The Morgan fingerprint density at radius 1 is 1.56 bits per heavy atom. The van der Waals surface area contributed by atoms with E-state index in [9.17, 15) is 4.57 Å². The second kappa shape index (κ2) is 2.79. The van der Waals surface area contributed by atoms with Gasteiger partial charge in [-0.3, -0.25) is 4.57 Å². The van der Waals surface area contributed by atoms with Gasteiger partial charge in [0.15, 0.2) is 0 Å². The second-order valence-electron chi connectivity index (χ2n) is 2.07. The molecule has 0 aromatic heterocycles. The standard InChI is InChI=1S/C4H9Cl2O2P/c1-4(2,5)9(6,7)8-3/h1-3H3. The van der Waals surface area contributed by atoms with Gasteiger partial charge in [-0.2, -0.15) is 0 Å². The van der Waals surface area contributed by atoms with E-state index in [2.05, 4.69) is 4.52 Å². The molecule has 2 nitrogen and oxygen atoms in total. The van der Waals surface area contributed by atoms with Crippen LogP contribution in [0.4, 0.5) is 0 Å². The SMILES string of the molecule is COP(=O)(Cl)C(C)(C)Cl. The summed E-state index contributed by atoms with van der Waals surface area (Å²) in [4.78, 5) is 0. The maximum atomic E-state index is 11.0. The van der Waals surface area contributed by atoms with Crippen LogP contribution in [0.3, 0.4) is 0 Å². The zero-order valence-electron chi connectivity index (χ0n) is 5.52. The molecule has 0 fully saturated rings. The van der Waals surface area contributed by atoms with E-state index in [1.165, 1.54) is 7.11 Å². The molecule has 0 amide bonds. The average molecular weight is 191 g/mol. The van der Waals surface area contributed by atoms with E-state index < -0.39 is 11.3 Å². The predicted molar refractivity (Wildman–Crippen MR) is 40.4 cm³/mol. The van der Waals surface area contributed by atoms with Crippen LogP contribution in [0, 0.1) is 0 Å². The molecule has 1 unspecified atom stereocenters. The van der Waals surface area contributed by atoms with Crippen molar-refractivity contribution in [2.45, 2.75) is 18.5 Å². The van der Waals surface area contributed by atoms with Gasteiger partial charge in [0.1, 0.15) is 4.62 Å². The van der Waals surface area contributed by atoms with Crippen LogP contribution >= 0.6 is 29.6 Å². The van der Waals surface area contributed by atoms with Crippen LogP contribution in [0.15, 0.2) is 0 Å². The van der Waals surface area contributed by atoms with Gasteiger partial charge in [-0.15, -0.1) is 11.6 Å². The van der Waals surface area contributed by atoms with Crippen LogP contribution in [0.2, 0.25) is 0 Å². The molecule has 0 N–H and O–H groups in total. The first-order chi connectivity index (χ1) is 3.81. The molecule has 0 heterocycles. The van der Waals surface area contributed by atoms with E-state index in [1.54, 1.807) is 13.8 Å². The fourth-order valence-electron chi connectivity index (χ4n) is 0.217. The van der Waals surface area contributed by atoms with Crippen molar-refractivity contribution in [3.05, 3.63) is 0 Å². The lowest BCUT2D eigenvalue weighted by atomic mass is 10.6. The second-order valence-corrected chi connectivity index (χ2v) is 7.06. The van der Waals surface area contributed by atoms with Crippen molar-refractivity contribution in [2.24, 2.45) is 0 Å². The van der Waals surface area contributed by atoms with Gasteiger partial charge < -0.3 is 4.52 Å². The zero-order valence-corrected chi connectivity index (χ0v) is 7.93. The summed E-state index contributed by atoms with van der Waals surface area (Å²) in [5.41, 5.74) is 0. The molecule has 0 aliphatic heterocycles. The van der Waals surface area contributed by atoms with E-state index in [1.807, 2.05) is 0 Å². The minimum Gasteiger partial charge on any atom is -0.320 e. The molecule has 56 valence electrons. The lowest BCUT2D eigenvalue weighted by Crippen LogP contribution is -2.08. The van der Waals surface area contributed by atoms with E-state index in [0.29, 0.717) is 0 Å². The van der Waals surface area contributed by atoms with E-state index in [4.69, 9.17) is 22.8 Å². The molecule has 0 radical (unpaired) electrons. The molecular formula is C4H9Cl2O2P. The molecule has 0 spiro atoms. The lowest BCUT2D eigenvalue weighted by molar-refractivity contribution is 0.397. The topological polar surface area (TPSA) is 26.3 Å². The van der Waals surface area contributed by atoms with Gasteiger partial charge in [0.2, 0.25) is 0 Å². The van der Waals surface area contributed by atoms with Crippen LogP contribution in [-0.4, -0.2) is 11.7 Å². The predicted octanol–water partition coefficient (Wildman–Crippen LogP) is 3.04. The van der Waals surface area contributed by atoms with Gasteiger partial charge in [-0.1, -0.05) is 0 Å². The fourth-order valence-corrected chi connectivity index (χ4v) is 0.858. The molecule has 0 bridgehead atoms. The molecule has 0 aromatic carbocycles. The van der Waals surface area contributed by atoms with Gasteiger partial charge in [0, 0.05) is 7.11 Å². The summed E-state index contributed by atoms with van der Waals surface area (Å²) >= 11 is 11.0. The Morgan fingerprint density at radius 2 is 1.89 bits per heavy atom. The number of alkyl halides is 1. The molecular weight excluding hydrogens is 182 g/mol. The summed E-state index contributed by atoms with van der Waals surface area (Å²) in [7, 11) is 1.28. The van der Waals surface area contributed by atoms with Crippen molar-refractivity contribution in [1.29, 1.82) is 0 Å². The third-order valence-electron chi connectivity index (χ3n) is 0.870. The summed E-state index contributed by atoms with van der Waals surface area (Å²) in [6.45, 7) is -0.0247. The molecule has 1 atom stereocenters. The van der Waals surface area contributed by atoms with Crippen molar-refractivity contribution < 1.29 is 9.09 Å². The fraction of sp³-hybridized carbons (Fsp3) is 1.00.